The Morgan fingerprint density at radius 1 is 1.18 bits per heavy atom. The SMILES string of the molecule is NCC1CCCN1c1ncc(C2CCC2)cn1. The first-order chi connectivity index (χ1) is 8.38. The number of hydrogen-bond donors (Lipinski definition) is 1. The molecule has 0 spiro atoms. The van der Waals surface area contributed by atoms with Crippen molar-refractivity contribution in [1.29, 1.82) is 0 Å². The topological polar surface area (TPSA) is 55.0 Å². The summed E-state index contributed by atoms with van der Waals surface area (Å²) < 4.78 is 0. The van der Waals surface area contributed by atoms with E-state index in [1.165, 1.54) is 37.7 Å². The Bertz CT molecular complexity index is 372. The highest BCUT2D eigenvalue weighted by Crippen LogP contribution is 2.35. The van der Waals surface area contributed by atoms with E-state index in [2.05, 4.69) is 14.9 Å². The Kier molecular flexibility index (Phi) is 2.97. The van der Waals surface area contributed by atoms with Crippen LogP contribution in [0.4, 0.5) is 5.95 Å². The summed E-state index contributed by atoms with van der Waals surface area (Å²) in [5.41, 5.74) is 7.08. The monoisotopic (exact) mass is 232 g/mol. The first-order valence-corrected chi connectivity index (χ1v) is 6.67. The van der Waals surface area contributed by atoms with Gasteiger partial charge in [-0.2, -0.15) is 0 Å². The van der Waals surface area contributed by atoms with E-state index in [0.717, 1.165) is 12.5 Å². The van der Waals surface area contributed by atoms with Crippen LogP contribution in [0.1, 0.15) is 43.6 Å². The quantitative estimate of drug-likeness (QED) is 0.861. The van der Waals surface area contributed by atoms with E-state index in [0.29, 0.717) is 18.5 Å². The van der Waals surface area contributed by atoms with E-state index in [-0.39, 0.29) is 0 Å². The third-order valence-corrected chi connectivity index (χ3v) is 4.14. The van der Waals surface area contributed by atoms with E-state index < -0.39 is 0 Å². The van der Waals surface area contributed by atoms with Crippen molar-refractivity contribution in [3.8, 4) is 0 Å². The number of rotatable bonds is 3. The van der Waals surface area contributed by atoms with Gasteiger partial charge in [0.1, 0.15) is 0 Å². The molecule has 92 valence electrons. The zero-order valence-corrected chi connectivity index (χ0v) is 10.2. The molecule has 0 bridgehead atoms. The first kappa shape index (κ1) is 11.0. The van der Waals surface area contributed by atoms with Crippen LogP contribution in [-0.2, 0) is 0 Å². The van der Waals surface area contributed by atoms with Crippen molar-refractivity contribution in [2.24, 2.45) is 5.73 Å². The smallest absolute Gasteiger partial charge is 0.225 e. The molecule has 17 heavy (non-hydrogen) atoms. The highest BCUT2D eigenvalue weighted by molar-refractivity contribution is 5.34. The van der Waals surface area contributed by atoms with Gasteiger partial charge in [-0.05, 0) is 37.2 Å². The van der Waals surface area contributed by atoms with Crippen molar-refractivity contribution in [1.82, 2.24) is 9.97 Å². The highest BCUT2D eigenvalue weighted by Gasteiger charge is 2.26. The van der Waals surface area contributed by atoms with Gasteiger partial charge in [0.2, 0.25) is 5.95 Å². The second-order valence-corrected chi connectivity index (χ2v) is 5.17. The molecule has 1 aromatic rings. The molecule has 2 aliphatic rings. The molecule has 2 heterocycles. The Hall–Kier alpha value is -1.16. The summed E-state index contributed by atoms with van der Waals surface area (Å²) in [5.74, 6) is 1.58. The van der Waals surface area contributed by atoms with E-state index in [1.54, 1.807) is 0 Å². The molecule has 3 rings (SSSR count). The lowest BCUT2D eigenvalue weighted by atomic mass is 9.81. The number of nitrogens with zero attached hydrogens (tertiary/aromatic N) is 3. The third-order valence-electron chi connectivity index (χ3n) is 4.14. The van der Waals surface area contributed by atoms with Crippen molar-refractivity contribution in [3.63, 3.8) is 0 Å². The van der Waals surface area contributed by atoms with Crippen molar-refractivity contribution in [3.05, 3.63) is 18.0 Å². The van der Waals surface area contributed by atoms with E-state index in [1.807, 2.05) is 12.4 Å². The summed E-state index contributed by atoms with van der Waals surface area (Å²) in [4.78, 5) is 11.3. The fourth-order valence-electron chi connectivity index (χ4n) is 2.78. The predicted octanol–water partition coefficient (Wildman–Crippen LogP) is 1.67. The first-order valence-electron chi connectivity index (χ1n) is 6.67. The molecule has 1 aliphatic carbocycles. The number of anilines is 1. The Balaban J connectivity index is 1.74. The number of hydrogen-bond acceptors (Lipinski definition) is 4. The van der Waals surface area contributed by atoms with Gasteiger partial charge in [-0.3, -0.25) is 0 Å². The summed E-state index contributed by atoms with van der Waals surface area (Å²) >= 11 is 0. The molecule has 4 heteroatoms. The average Bonchev–Trinajstić information content (AvgIpc) is 2.76. The van der Waals surface area contributed by atoms with Gasteiger partial charge < -0.3 is 10.6 Å². The fourth-order valence-corrected chi connectivity index (χ4v) is 2.78. The van der Waals surface area contributed by atoms with Crippen LogP contribution in [0, 0.1) is 0 Å². The van der Waals surface area contributed by atoms with Gasteiger partial charge in [0, 0.05) is 31.5 Å². The van der Waals surface area contributed by atoms with Gasteiger partial charge in [0.25, 0.3) is 0 Å². The summed E-state index contributed by atoms with van der Waals surface area (Å²) in [6.45, 7) is 1.75. The zero-order chi connectivity index (χ0) is 11.7. The Morgan fingerprint density at radius 2 is 1.94 bits per heavy atom. The highest BCUT2D eigenvalue weighted by atomic mass is 15.3. The number of aromatic nitrogens is 2. The minimum atomic E-state index is 0.435. The minimum Gasteiger partial charge on any atom is -0.337 e. The molecule has 1 saturated carbocycles. The maximum absolute atomic E-state index is 5.77. The summed E-state index contributed by atoms with van der Waals surface area (Å²) in [6.07, 6.45) is 10.4. The lowest BCUT2D eigenvalue weighted by molar-refractivity contribution is 0.417. The lowest BCUT2D eigenvalue weighted by Crippen LogP contribution is -2.36. The lowest BCUT2D eigenvalue weighted by Gasteiger charge is -2.26. The van der Waals surface area contributed by atoms with E-state index in [9.17, 15) is 0 Å². The molecule has 1 aliphatic heterocycles. The Morgan fingerprint density at radius 3 is 2.53 bits per heavy atom. The molecule has 0 aromatic carbocycles. The second kappa shape index (κ2) is 4.61. The molecule has 0 radical (unpaired) electrons. The maximum Gasteiger partial charge on any atom is 0.225 e. The molecular weight excluding hydrogens is 212 g/mol. The van der Waals surface area contributed by atoms with Gasteiger partial charge in [-0.25, -0.2) is 9.97 Å². The van der Waals surface area contributed by atoms with Gasteiger partial charge in [-0.1, -0.05) is 6.42 Å². The molecule has 2 fully saturated rings. The number of nitrogens with two attached hydrogens (primary N) is 1. The van der Waals surface area contributed by atoms with Gasteiger partial charge >= 0.3 is 0 Å². The summed E-state index contributed by atoms with van der Waals surface area (Å²) in [7, 11) is 0. The molecule has 1 atom stereocenters. The van der Waals surface area contributed by atoms with Crippen molar-refractivity contribution < 1.29 is 0 Å². The van der Waals surface area contributed by atoms with Crippen LogP contribution in [0.5, 0.6) is 0 Å². The standard InChI is InChI=1S/C13H20N4/c14-7-12-5-2-6-17(12)13-15-8-11(9-16-13)10-3-1-4-10/h8-10,12H,1-7,14H2. The molecule has 0 amide bonds. The Labute approximate surface area is 102 Å². The van der Waals surface area contributed by atoms with Crippen LogP contribution in [-0.4, -0.2) is 29.1 Å². The van der Waals surface area contributed by atoms with E-state index >= 15 is 0 Å². The van der Waals surface area contributed by atoms with Crippen LogP contribution in [0.25, 0.3) is 0 Å². The van der Waals surface area contributed by atoms with Crippen LogP contribution in [0.15, 0.2) is 12.4 Å². The molecule has 1 unspecified atom stereocenters. The van der Waals surface area contributed by atoms with Crippen LogP contribution < -0.4 is 10.6 Å². The second-order valence-electron chi connectivity index (χ2n) is 5.17. The maximum atomic E-state index is 5.77. The van der Waals surface area contributed by atoms with E-state index in [4.69, 9.17) is 5.73 Å². The van der Waals surface area contributed by atoms with Gasteiger partial charge in [0.15, 0.2) is 0 Å². The largest absolute Gasteiger partial charge is 0.337 e. The molecular formula is C13H20N4. The normalized spacial score (nSPS) is 25.0. The third kappa shape index (κ3) is 2.02. The summed E-state index contributed by atoms with van der Waals surface area (Å²) in [5, 5.41) is 0. The van der Waals surface area contributed by atoms with Gasteiger partial charge in [0.05, 0.1) is 0 Å². The van der Waals surface area contributed by atoms with Crippen molar-refractivity contribution in [2.45, 2.75) is 44.1 Å². The van der Waals surface area contributed by atoms with Crippen LogP contribution >= 0.6 is 0 Å². The van der Waals surface area contributed by atoms with Gasteiger partial charge in [-0.15, -0.1) is 0 Å². The zero-order valence-electron chi connectivity index (χ0n) is 10.2. The fraction of sp³-hybridized carbons (Fsp3) is 0.692. The molecule has 1 saturated heterocycles. The van der Waals surface area contributed by atoms with Crippen molar-refractivity contribution >= 4 is 5.95 Å². The summed E-state index contributed by atoms with van der Waals surface area (Å²) in [6, 6.07) is 0.435. The van der Waals surface area contributed by atoms with Crippen molar-refractivity contribution in [2.75, 3.05) is 18.0 Å². The van der Waals surface area contributed by atoms with Crippen LogP contribution in [0.2, 0.25) is 0 Å². The molecule has 1 aromatic heterocycles. The molecule has 4 nitrogen and oxygen atoms in total. The van der Waals surface area contributed by atoms with Crippen LogP contribution in [0.3, 0.4) is 0 Å². The average molecular weight is 232 g/mol. The minimum absolute atomic E-state index is 0.435. The predicted molar refractivity (Wildman–Crippen MR) is 68.0 cm³/mol. The molecule has 2 N–H and O–H groups in total.